The van der Waals surface area contributed by atoms with Crippen molar-refractivity contribution in [1.82, 2.24) is 37.2 Å². The van der Waals surface area contributed by atoms with Gasteiger partial charge in [0.05, 0.1) is 12.5 Å². The highest BCUT2D eigenvalue weighted by molar-refractivity contribution is 5.98. The van der Waals surface area contributed by atoms with E-state index in [4.69, 9.17) is 28.0 Å². The lowest BCUT2D eigenvalue weighted by Crippen LogP contribution is -2.60. The molecule has 0 aliphatic rings. The Balaban J connectivity index is 6.75. The number of amides is 7. The fraction of sp³-hybridized carbons (Fsp3) is 0.732. The van der Waals surface area contributed by atoms with Crippen LogP contribution in [0, 0.1) is 17.8 Å². The van der Waals surface area contributed by atoms with Crippen LogP contribution in [0.15, 0.2) is 4.99 Å². The summed E-state index contributed by atoms with van der Waals surface area (Å²) >= 11 is 0. The van der Waals surface area contributed by atoms with E-state index in [1.54, 1.807) is 41.5 Å². The zero-order chi connectivity index (χ0) is 50.8. The molecule has 7 amide bonds. The molecule has 0 heterocycles. The summed E-state index contributed by atoms with van der Waals surface area (Å²) in [5.74, 6) is -11.5. The number of carbonyl (C=O) groups is 10. The van der Waals surface area contributed by atoms with Gasteiger partial charge in [0.1, 0.15) is 42.3 Å². The molecule has 0 spiro atoms. The van der Waals surface area contributed by atoms with E-state index in [-0.39, 0.29) is 63.0 Å². The van der Waals surface area contributed by atoms with Crippen molar-refractivity contribution >= 4 is 65.2 Å². The van der Waals surface area contributed by atoms with Gasteiger partial charge in [-0.05, 0) is 82.6 Å². The lowest BCUT2D eigenvalue weighted by atomic mass is 9.99. The highest BCUT2D eigenvalue weighted by Gasteiger charge is 2.35. The summed E-state index contributed by atoms with van der Waals surface area (Å²) in [5, 5.41) is 45.5. The molecule has 0 aromatic carbocycles. The maximum atomic E-state index is 14.1. The predicted molar refractivity (Wildman–Crippen MR) is 240 cm³/mol. The van der Waals surface area contributed by atoms with Crippen molar-refractivity contribution in [2.75, 3.05) is 13.1 Å². The minimum Gasteiger partial charge on any atom is -0.481 e. The third kappa shape index (κ3) is 24.8. The molecule has 25 nitrogen and oxygen atoms in total. The Hall–Kier alpha value is -6.11. The number of nitrogens with two attached hydrogens (primary N) is 4. The number of aliphatic carboxylic acids is 3. The number of carbonyl (C=O) groups excluding carboxylic acids is 7. The number of hydrogen-bond donors (Lipinski definition) is 14. The summed E-state index contributed by atoms with van der Waals surface area (Å²) < 4.78 is 0. The van der Waals surface area contributed by atoms with E-state index in [9.17, 15) is 58.2 Å². The molecule has 0 unspecified atom stereocenters. The average Bonchev–Trinajstić information content (AvgIpc) is 3.19. The van der Waals surface area contributed by atoms with Gasteiger partial charge in [0.2, 0.25) is 41.4 Å². The van der Waals surface area contributed by atoms with Crippen molar-refractivity contribution in [3.8, 4) is 0 Å². The molecule has 18 N–H and O–H groups in total. The Morgan fingerprint density at radius 3 is 1.29 bits per heavy atom. The van der Waals surface area contributed by atoms with Crippen LogP contribution in [-0.4, -0.2) is 142 Å². The monoisotopic (exact) mass is 943 g/mol. The normalized spacial score (nSPS) is 14.8. The molecule has 25 heteroatoms. The second kappa shape index (κ2) is 30.9. The van der Waals surface area contributed by atoms with Gasteiger partial charge in [0.15, 0.2) is 5.96 Å². The smallest absolute Gasteiger partial charge is 0.326 e. The third-order valence-electron chi connectivity index (χ3n) is 9.77. The predicted octanol–water partition coefficient (Wildman–Crippen LogP) is -2.92. The van der Waals surface area contributed by atoms with Crippen LogP contribution >= 0.6 is 0 Å². The third-order valence-corrected chi connectivity index (χ3v) is 9.77. The standard InChI is InChI=1S/C41H74N12O13/c1-20(2)17-27(37(62)48-24(11-8-9-15-42)35(60)52-29(40(65)66)19-31(56)57)51-38(63)28(18-21(3)4)50-34(59)25(12-10-16-46-41(44)45)47-36(61)26(13-14-30(54)55)49-39(64)32(22(5)6)53-33(58)23(7)43/h20-29,32H,8-19,42-43H2,1-7H3,(H,47,61)(H,48,62)(H,49,64)(H,50,59)(H,51,63)(H,52,60)(H,53,58)(H,54,55)(H,56,57)(H,65,66)(H4,44,45,46)/t23-,24-,25-,26-,27-,28-,29-,32-/m0/s1. The maximum Gasteiger partial charge on any atom is 0.326 e. The van der Waals surface area contributed by atoms with E-state index in [1.165, 1.54) is 6.92 Å². The Bertz CT molecular complexity index is 1690. The van der Waals surface area contributed by atoms with Crippen LogP contribution in [0.4, 0.5) is 0 Å². The van der Waals surface area contributed by atoms with E-state index in [2.05, 4.69) is 42.2 Å². The number of carboxylic acid groups (broad SMARTS) is 3. The first-order valence-corrected chi connectivity index (χ1v) is 22.0. The van der Waals surface area contributed by atoms with Gasteiger partial charge in [-0.3, -0.25) is 48.1 Å². The van der Waals surface area contributed by atoms with Crippen molar-refractivity contribution in [2.24, 2.45) is 45.7 Å². The molecule has 0 rings (SSSR count). The largest absolute Gasteiger partial charge is 0.481 e. The summed E-state index contributed by atoms with van der Waals surface area (Å²) in [5.41, 5.74) is 22.2. The molecule has 8 atom stereocenters. The number of carboxylic acids is 3. The second-order valence-corrected chi connectivity index (χ2v) is 17.2. The van der Waals surface area contributed by atoms with Crippen molar-refractivity contribution in [1.29, 1.82) is 0 Å². The van der Waals surface area contributed by atoms with Gasteiger partial charge in [-0.25, -0.2) is 4.79 Å². The number of hydrogen-bond acceptors (Lipinski definition) is 13. The first kappa shape index (κ1) is 59.9. The van der Waals surface area contributed by atoms with Crippen LogP contribution in [-0.2, 0) is 47.9 Å². The SMILES string of the molecule is CC(C)C[C@H](NC(=O)[C@H](CC(C)C)NC(=O)[C@H](CCCN=C(N)N)NC(=O)[C@H](CCC(=O)O)NC(=O)[C@@H](NC(=O)[C@H](C)N)C(C)C)C(=O)N[C@@H](CCCCN)C(=O)N[C@@H](CC(=O)O)C(=O)O. The zero-order valence-corrected chi connectivity index (χ0v) is 39.0. The molecule has 0 aliphatic carbocycles. The molecule has 0 aromatic heterocycles. The lowest BCUT2D eigenvalue weighted by Gasteiger charge is -2.29. The number of rotatable bonds is 33. The van der Waals surface area contributed by atoms with Gasteiger partial charge < -0.3 is 75.5 Å². The van der Waals surface area contributed by atoms with Crippen LogP contribution in [0.3, 0.4) is 0 Å². The number of unbranched alkanes of at least 4 members (excludes halogenated alkanes) is 1. The van der Waals surface area contributed by atoms with Crippen molar-refractivity contribution < 1.29 is 63.3 Å². The fourth-order valence-corrected chi connectivity index (χ4v) is 6.29. The molecule has 0 saturated heterocycles. The minimum atomic E-state index is -1.80. The Morgan fingerprint density at radius 2 is 0.909 bits per heavy atom. The van der Waals surface area contributed by atoms with Gasteiger partial charge in [0, 0.05) is 13.0 Å². The van der Waals surface area contributed by atoms with Gasteiger partial charge in [-0.15, -0.1) is 0 Å². The highest BCUT2D eigenvalue weighted by Crippen LogP contribution is 2.13. The second-order valence-electron chi connectivity index (χ2n) is 17.2. The van der Waals surface area contributed by atoms with Crippen LogP contribution in [0.1, 0.15) is 113 Å². The fourth-order valence-electron chi connectivity index (χ4n) is 6.29. The minimum absolute atomic E-state index is 0.0118. The summed E-state index contributed by atoms with van der Waals surface area (Å²) in [6, 6.07) is -10.9. The molecular formula is C41H74N12O13. The quantitative estimate of drug-likeness (QED) is 0.0178. The Kier molecular flexibility index (Phi) is 28.1. The van der Waals surface area contributed by atoms with Crippen LogP contribution in [0.2, 0.25) is 0 Å². The van der Waals surface area contributed by atoms with E-state index in [0.717, 1.165) is 0 Å². The first-order chi connectivity index (χ1) is 30.7. The van der Waals surface area contributed by atoms with Gasteiger partial charge in [0.25, 0.3) is 0 Å². The average molecular weight is 943 g/mol. The number of nitrogens with zero attached hydrogens (tertiary/aromatic N) is 1. The van der Waals surface area contributed by atoms with Gasteiger partial charge in [-0.2, -0.15) is 0 Å². The summed E-state index contributed by atoms with van der Waals surface area (Å²) in [4.78, 5) is 133. The summed E-state index contributed by atoms with van der Waals surface area (Å²) in [7, 11) is 0. The summed E-state index contributed by atoms with van der Waals surface area (Å²) in [6.45, 7) is 12.0. The molecule has 0 radical (unpaired) electrons. The number of aliphatic imine (C=N–C) groups is 1. The van der Waals surface area contributed by atoms with E-state index in [0.29, 0.717) is 12.8 Å². The first-order valence-electron chi connectivity index (χ1n) is 22.0. The Labute approximate surface area is 384 Å². The molecule has 0 aromatic rings. The molecule has 0 fully saturated rings. The molecule has 0 bridgehead atoms. The highest BCUT2D eigenvalue weighted by atomic mass is 16.4. The van der Waals surface area contributed by atoms with E-state index >= 15 is 0 Å². The van der Waals surface area contributed by atoms with Gasteiger partial charge >= 0.3 is 17.9 Å². The molecule has 66 heavy (non-hydrogen) atoms. The van der Waals surface area contributed by atoms with Crippen molar-refractivity contribution in [2.45, 2.75) is 161 Å². The topological polar surface area (TPSA) is 432 Å². The molecular weight excluding hydrogens is 869 g/mol. The summed E-state index contributed by atoms with van der Waals surface area (Å²) in [6.07, 6.45) is -1.15. The van der Waals surface area contributed by atoms with Gasteiger partial charge in [-0.1, -0.05) is 41.5 Å². The van der Waals surface area contributed by atoms with Crippen LogP contribution < -0.4 is 60.2 Å². The number of guanidine groups is 1. The zero-order valence-electron chi connectivity index (χ0n) is 39.0. The Morgan fingerprint density at radius 1 is 0.500 bits per heavy atom. The van der Waals surface area contributed by atoms with Crippen LogP contribution in [0.25, 0.3) is 0 Å². The molecule has 0 saturated carbocycles. The van der Waals surface area contributed by atoms with Crippen molar-refractivity contribution in [3.63, 3.8) is 0 Å². The molecule has 0 aliphatic heterocycles. The lowest BCUT2D eigenvalue weighted by molar-refractivity contribution is -0.147. The number of nitrogens with one attached hydrogen (secondary N) is 7. The van der Waals surface area contributed by atoms with E-state index in [1.807, 2.05) is 0 Å². The maximum absolute atomic E-state index is 14.1. The van der Waals surface area contributed by atoms with Crippen molar-refractivity contribution in [3.05, 3.63) is 0 Å². The van der Waals surface area contributed by atoms with Crippen LogP contribution in [0.5, 0.6) is 0 Å². The molecule has 376 valence electrons. The van der Waals surface area contributed by atoms with E-state index < -0.39 is 133 Å².